The van der Waals surface area contributed by atoms with Crippen LogP contribution in [0.3, 0.4) is 0 Å². The number of nitrogens with one attached hydrogen (secondary N) is 1. The molecule has 17 heavy (non-hydrogen) atoms. The number of hydrogen-bond acceptors (Lipinski definition) is 3. The van der Waals surface area contributed by atoms with Crippen molar-refractivity contribution in [2.45, 2.75) is 45.8 Å². The van der Waals surface area contributed by atoms with Crippen molar-refractivity contribution >= 4 is 5.91 Å². The molecule has 2 unspecified atom stereocenters. The molecule has 1 amide bonds. The van der Waals surface area contributed by atoms with Crippen LogP contribution in [0.4, 0.5) is 0 Å². The average molecular weight is 242 g/mol. The number of rotatable bonds is 4. The second-order valence-corrected chi connectivity index (χ2v) is 5.45. The molecule has 0 radical (unpaired) electrons. The highest BCUT2D eigenvalue weighted by Gasteiger charge is 2.35. The van der Waals surface area contributed by atoms with Gasteiger partial charge < -0.3 is 15.0 Å². The Labute approximate surface area is 105 Å². The summed E-state index contributed by atoms with van der Waals surface area (Å²) >= 11 is 0. The van der Waals surface area contributed by atoms with Gasteiger partial charge in [-0.05, 0) is 32.7 Å². The van der Waals surface area contributed by atoms with E-state index < -0.39 is 5.54 Å². The Balaban J connectivity index is 2.64. The first-order valence-electron chi connectivity index (χ1n) is 6.49. The Morgan fingerprint density at radius 2 is 2.18 bits per heavy atom. The maximum Gasteiger partial charge on any atom is 0.242 e. The molecule has 1 fully saturated rings. The van der Waals surface area contributed by atoms with Crippen LogP contribution in [0.5, 0.6) is 0 Å². The minimum absolute atomic E-state index is 0.171. The van der Waals surface area contributed by atoms with Crippen molar-refractivity contribution in [1.82, 2.24) is 10.2 Å². The lowest BCUT2D eigenvalue weighted by Crippen LogP contribution is -2.57. The molecule has 1 saturated heterocycles. The Morgan fingerprint density at radius 3 is 2.71 bits per heavy atom. The van der Waals surface area contributed by atoms with Crippen molar-refractivity contribution in [3.8, 4) is 0 Å². The quantitative estimate of drug-likeness (QED) is 0.807. The van der Waals surface area contributed by atoms with Crippen molar-refractivity contribution in [3.05, 3.63) is 0 Å². The smallest absolute Gasteiger partial charge is 0.242 e. The molecule has 1 N–H and O–H groups in total. The van der Waals surface area contributed by atoms with Crippen LogP contribution in [0.15, 0.2) is 0 Å². The number of carbonyl (C=O) groups excluding carboxylic acids is 1. The van der Waals surface area contributed by atoms with Crippen LogP contribution in [-0.2, 0) is 9.53 Å². The van der Waals surface area contributed by atoms with E-state index in [-0.39, 0.29) is 12.0 Å². The van der Waals surface area contributed by atoms with Gasteiger partial charge in [-0.3, -0.25) is 4.79 Å². The largest absolute Gasteiger partial charge is 0.379 e. The maximum atomic E-state index is 12.4. The summed E-state index contributed by atoms with van der Waals surface area (Å²) in [5.41, 5.74) is -0.479. The highest BCUT2D eigenvalue weighted by atomic mass is 16.5. The Morgan fingerprint density at radius 1 is 1.53 bits per heavy atom. The molecule has 4 nitrogen and oxygen atoms in total. The molecule has 2 atom stereocenters. The van der Waals surface area contributed by atoms with E-state index in [0.29, 0.717) is 12.5 Å². The van der Waals surface area contributed by atoms with E-state index in [2.05, 4.69) is 12.2 Å². The number of methoxy groups -OCH3 is 1. The van der Waals surface area contributed by atoms with Gasteiger partial charge in [-0.25, -0.2) is 0 Å². The number of hydrogen-bond donors (Lipinski definition) is 1. The highest BCUT2D eigenvalue weighted by Crippen LogP contribution is 2.21. The SMILES string of the molecule is CCNC(C)(C)C(=O)N1CCC(C)C(OC)C1. The first-order chi connectivity index (χ1) is 7.92. The molecule has 1 rings (SSSR count). The average Bonchev–Trinajstić information content (AvgIpc) is 2.28. The predicted octanol–water partition coefficient (Wildman–Crippen LogP) is 1.26. The van der Waals surface area contributed by atoms with E-state index in [1.165, 1.54) is 0 Å². The number of amides is 1. The van der Waals surface area contributed by atoms with E-state index in [1.54, 1.807) is 7.11 Å². The second-order valence-electron chi connectivity index (χ2n) is 5.45. The van der Waals surface area contributed by atoms with Gasteiger partial charge in [0.2, 0.25) is 5.91 Å². The van der Waals surface area contributed by atoms with Crippen LogP contribution in [0.1, 0.15) is 34.1 Å². The lowest BCUT2D eigenvalue weighted by Gasteiger charge is -2.40. The topological polar surface area (TPSA) is 41.6 Å². The monoisotopic (exact) mass is 242 g/mol. The molecular formula is C13H26N2O2. The molecular weight excluding hydrogens is 216 g/mol. The number of carbonyl (C=O) groups is 1. The third kappa shape index (κ3) is 3.42. The van der Waals surface area contributed by atoms with Gasteiger partial charge in [0.1, 0.15) is 0 Å². The third-order valence-electron chi connectivity index (χ3n) is 3.63. The van der Waals surface area contributed by atoms with Gasteiger partial charge in [0.05, 0.1) is 11.6 Å². The van der Waals surface area contributed by atoms with Gasteiger partial charge in [-0.1, -0.05) is 13.8 Å². The molecule has 0 aromatic rings. The summed E-state index contributed by atoms with van der Waals surface area (Å²) in [5.74, 6) is 0.708. The van der Waals surface area contributed by atoms with Crippen molar-refractivity contribution in [3.63, 3.8) is 0 Å². The zero-order chi connectivity index (χ0) is 13.1. The Kier molecular flexibility index (Phi) is 4.95. The summed E-state index contributed by atoms with van der Waals surface area (Å²) in [6, 6.07) is 0. The van der Waals surface area contributed by atoms with Gasteiger partial charge in [0.15, 0.2) is 0 Å². The van der Waals surface area contributed by atoms with E-state index in [0.717, 1.165) is 19.5 Å². The number of likely N-dealkylation sites (N-methyl/N-ethyl adjacent to an activating group) is 1. The molecule has 100 valence electrons. The standard InChI is InChI=1S/C13H26N2O2/c1-6-14-13(3,4)12(16)15-8-7-10(2)11(9-15)17-5/h10-11,14H,6-9H2,1-5H3. The van der Waals surface area contributed by atoms with Crippen LogP contribution in [0.25, 0.3) is 0 Å². The summed E-state index contributed by atoms with van der Waals surface area (Å²) in [6.07, 6.45) is 1.19. The zero-order valence-corrected chi connectivity index (χ0v) is 11.7. The second kappa shape index (κ2) is 5.83. The van der Waals surface area contributed by atoms with E-state index in [4.69, 9.17) is 4.74 Å². The van der Waals surface area contributed by atoms with E-state index in [9.17, 15) is 4.79 Å². The maximum absolute atomic E-state index is 12.4. The van der Waals surface area contributed by atoms with Crippen molar-refractivity contribution < 1.29 is 9.53 Å². The molecule has 1 aliphatic heterocycles. The number of piperidine rings is 1. The molecule has 4 heteroatoms. The minimum atomic E-state index is -0.479. The predicted molar refractivity (Wildman–Crippen MR) is 68.9 cm³/mol. The van der Waals surface area contributed by atoms with Crippen LogP contribution in [-0.4, -0.2) is 49.2 Å². The summed E-state index contributed by atoms with van der Waals surface area (Å²) < 4.78 is 5.44. The molecule has 1 aliphatic rings. The van der Waals surface area contributed by atoms with Crippen molar-refractivity contribution in [1.29, 1.82) is 0 Å². The number of nitrogens with zero attached hydrogens (tertiary/aromatic N) is 1. The van der Waals surface area contributed by atoms with Crippen LogP contribution in [0.2, 0.25) is 0 Å². The van der Waals surface area contributed by atoms with Crippen LogP contribution < -0.4 is 5.32 Å². The Hall–Kier alpha value is -0.610. The third-order valence-corrected chi connectivity index (χ3v) is 3.63. The molecule has 1 heterocycles. The summed E-state index contributed by atoms with van der Waals surface area (Å²) in [5, 5.41) is 3.23. The van der Waals surface area contributed by atoms with Crippen LogP contribution >= 0.6 is 0 Å². The van der Waals surface area contributed by atoms with Gasteiger partial charge >= 0.3 is 0 Å². The highest BCUT2D eigenvalue weighted by molar-refractivity contribution is 5.85. The van der Waals surface area contributed by atoms with Gasteiger partial charge in [-0.15, -0.1) is 0 Å². The summed E-state index contributed by atoms with van der Waals surface area (Å²) in [6.45, 7) is 10.4. The van der Waals surface area contributed by atoms with Gasteiger partial charge in [-0.2, -0.15) is 0 Å². The van der Waals surface area contributed by atoms with Crippen LogP contribution in [0, 0.1) is 5.92 Å². The lowest BCUT2D eigenvalue weighted by molar-refractivity contribution is -0.142. The molecule has 0 aromatic carbocycles. The number of ether oxygens (including phenoxy) is 1. The fourth-order valence-electron chi connectivity index (χ4n) is 2.44. The lowest BCUT2D eigenvalue weighted by atomic mass is 9.93. The molecule has 0 aliphatic carbocycles. The summed E-state index contributed by atoms with van der Waals surface area (Å²) in [4.78, 5) is 14.3. The molecule has 0 saturated carbocycles. The first-order valence-corrected chi connectivity index (χ1v) is 6.49. The first kappa shape index (κ1) is 14.5. The normalized spacial score (nSPS) is 26.1. The molecule has 0 bridgehead atoms. The van der Waals surface area contributed by atoms with E-state index >= 15 is 0 Å². The van der Waals surface area contributed by atoms with Crippen molar-refractivity contribution in [2.75, 3.05) is 26.7 Å². The van der Waals surface area contributed by atoms with Gasteiger partial charge in [0.25, 0.3) is 0 Å². The van der Waals surface area contributed by atoms with Crippen molar-refractivity contribution in [2.24, 2.45) is 5.92 Å². The number of likely N-dealkylation sites (tertiary alicyclic amines) is 1. The minimum Gasteiger partial charge on any atom is -0.379 e. The molecule has 0 aromatic heterocycles. The fraction of sp³-hybridized carbons (Fsp3) is 0.923. The zero-order valence-electron chi connectivity index (χ0n) is 11.7. The fourth-order valence-corrected chi connectivity index (χ4v) is 2.44. The molecule has 0 spiro atoms. The Bertz CT molecular complexity index is 266. The summed E-state index contributed by atoms with van der Waals surface area (Å²) in [7, 11) is 1.73. The van der Waals surface area contributed by atoms with E-state index in [1.807, 2.05) is 25.7 Å². The van der Waals surface area contributed by atoms with Gasteiger partial charge in [0, 0.05) is 20.2 Å².